The number of nitrogens with one attached hydrogen (secondary N) is 1. The first-order valence-corrected chi connectivity index (χ1v) is 18.7. The van der Waals surface area contributed by atoms with Crippen LogP contribution >= 0.6 is 0 Å². The molecule has 5 aliphatic carbocycles. The third-order valence-electron chi connectivity index (χ3n) is 11.5. The molecule has 4 nitrogen and oxygen atoms in total. The summed E-state index contributed by atoms with van der Waals surface area (Å²) in [5.41, 5.74) is 17.9. The van der Waals surface area contributed by atoms with Crippen LogP contribution in [0.2, 0.25) is 0 Å². The van der Waals surface area contributed by atoms with E-state index in [1.807, 2.05) is 0 Å². The summed E-state index contributed by atoms with van der Waals surface area (Å²) in [6, 6.07) is 17.9. The molecule has 0 radical (unpaired) electrons. The number of fused-ring (bicyclic) bond motifs is 6. The van der Waals surface area contributed by atoms with Gasteiger partial charge in [-0.2, -0.15) is 0 Å². The summed E-state index contributed by atoms with van der Waals surface area (Å²) >= 11 is 0. The molecule has 0 saturated heterocycles. The molecule has 4 heteroatoms. The van der Waals surface area contributed by atoms with E-state index in [4.69, 9.17) is 9.97 Å². The Kier molecular flexibility index (Phi) is 7.29. The summed E-state index contributed by atoms with van der Waals surface area (Å²) in [5.74, 6) is 0. The summed E-state index contributed by atoms with van der Waals surface area (Å²) in [7, 11) is 0. The molecule has 246 valence electrons. The van der Waals surface area contributed by atoms with Crippen molar-refractivity contribution in [3.63, 3.8) is 0 Å². The maximum atomic E-state index is 5.29. The monoisotopic (exact) mass is 650 g/mol. The molecule has 1 N–H and O–H groups in total. The highest BCUT2D eigenvalue weighted by Gasteiger charge is 2.31. The second-order valence-corrected chi connectivity index (χ2v) is 14.5. The van der Waals surface area contributed by atoms with Gasteiger partial charge in [0.1, 0.15) is 0 Å². The highest BCUT2D eigenvalue weighted by Crippen LogP contribution is 2.42. The third-order valence-corrected chi connectivity index (χ3v) is 11.5. The molecule has 2 atom stereocenters. The van der Waals surface area contributed by atoms with Crippen molar-refractivity contribution in [2.75, 3.05) is 0 Å². The molecule has 2 unspecified atom stereocenters. The molecule has 2 aromatic heterocycles. The molecule has 6 aliphatic rings. The molecular weight excluding hydrogens is 609 g/mol. The van der Waals surface area contributed by atoms with E-state index in [1.165, 1.54) is 61.3 Å². The summed E-state index contributed by atoms with van der Waals surface area (Å²) < 4.78 is 2.55. The van der Waals surface area contributed by atoms with Crippen LogP contribution in [0, 0.1) is 0 Å². The Hall–Kier alpha value is -5.22. The van der Waals surface area contributed by atoms with E-state index in [9.17, 15) is 0 Å². The van der Waals surface area contributed by atoms with Crippen LogP contribution in [0.25, 0.3) is 39.2 Å². The number of hydrogen-bond acceptors (Lipinski definition) is 3. The van der Waals surface area contributed by atoms with Crippen LogP contribution in [0.15, 0.2) is 137 Å². The van der Waals surface area contributed by atoms with Gasteiger partial charge in [-0.3, -0.25) is 0 Å². The predicted octanol–water partition coefficient (Wildman–Crippen LogP) is 10.8. The van der Waals surface area contributed by atoms with Crippen molar-refractivity contribution in [1.82, 2.24) is 19.9 Å². The van der Waals surface area contributed by atoms with E-state index in [0.717, 1.165) is 86.6 Å². The fourth-order valence-electron chi connectivity index (χ4n) is 9.09. The van der Waals surface area contributed by atoms with Gasteiger partial charge in [-0.25, -0.2) is 9.97 Å². The summed E-state index contributed by atoms with van der Waals surface area (Å²) in [6.07, 6.45) is 36.9. The standard InChI is InChI=1S/C46H42N4/c1-2-13-36-34(11-1)35-12-3-6-16-39(35)47-42(36)29-30-21-23-31(24-22-30)45-46(49-41-18-8-7-17-40(41)48-45)32-25-27-33(28-26-32)50-43-19-9-4-14-37(43)38-15-5-10-20-44(38)50/h3-4,7-14,17-21,23,25-27,33,42,47H,1-2,5-6,15-16,22,24,28-29H2. The van der Waals surface area contributed by atoms with Gasteiger partial charge in [-0.1, -0.05) is 96.7 Å². The first-order chi connectivity index (χ1) is 24.8. The first kappa shape index (κ1) is 29.7. The van der Waals surface area contributed by atoms with Gasteiger partial charge in [0.15, 0.2) is 0 Å². The Labute approximate surface area is 294 Å². The van der Waals surface area contributed by atoms with E-state index in [-0.39, 0.29) is 6.04 Å². The van der Waals surface area contributed by atoms with Crippen molar-refractivity contribution in [3.05, 3.63) is 160 Å². The van der Waals surface area contributed by atoms with Crippen LogP contribution in [0.3, 0.4) is 0 Å². The maximum absolute atomic E-state index is 5.29. The van der Waals surface area contributed by atoms with Gasteiger partial charge < -0.3 is 9.88 Å². The number of hydrogen-bond donors (Lipinski definition) is 1. The molecule has 1 aliphatic heterocycles. The van der Waals surface area contributed by atoms with Crippen molar-refractivity contribution in [2.45, 2.75) is 76.3 Å². The normalized spacial score (nSPS) is 22.6. The topological polar surface area (TPSA) is 42.7 Å². The maximum Gasteiger partial charge on any atom is 0.0966 e. The number of aromatic nitrogens is 3. The summed E-state index contributed by atoms with van der Waals surface area (Å²) in [6.45, 7) is 0. The van der Waals surface area contributed by atoms with Crippen molar-refractivity contribution in [2.24, 2.45) is 0 Å². The fourth-order valence-corrected chi connectivity index (χ4v) is 9.09. The number of nitrogens with zero attached hydrogens (tertiary/aromatic N) is 3. The van der Waals surface area contributed by atoms with Crippen molar-refractivity contribution in [3.8, 4) is 0 Å². The minimum absolute atomic E-state index is 0.269. The Morgan fingerprint density at radius 2 is 1.56 bits per heavy atom. The first-order valence-electron chi connectivity index (χ1n) is 18.7. The Balaban J connectivity index is 0.961. The zero-order chi connectivity index (χ0) is 33.0. The van der Waals surface area contributed by atoms with E-state index in [1.54, 1.807) is 0 Å². The van der Waals surface area contributed by atoms with Crippen LogP contribution in [-0.2, 0) is 6.42 Å². The Morgan fingerprint density at radius 3 is 2.42 bits per heavy atom. The second kappa shape index (κ2) is 12.3. The smallest absolute Gasteiger partial charge is 0.0966 e. The molecule has 0 saturated carbocycles. The molecule has 10 rings (SSSR count). The van der Waals surface area contributed by atoms with Gasteiger partial charge in [-0.05, 0) is 116 Å². The lowest BCUT2D eigenvalue weighted by molar-refractivity contribution is 0.579. The van der Waals surface area contributed by atoms with E-state index >= 15 is 0 Å². The molecule has 3 heterocycles. The molecule has 50 heavy (non-hydrogen) atoms. The minimum Gasteiger partial charge on any atom is -0.381 e. The lowest BCUT2D eigenvalue weighted by Crippen LogP contribution is -2.37. The van der Waals surface area contributed by atoms with Crippen molar-refractivity contribution >= 4 is 39.2 Å². The van der Waals surface area contributed by atoms with Crippen LogP contribution in [-0.4, -0.2) is 20.6 Å². The van der Waals surface area contributed by atoms with Gasteiger partial charge in [-0.15, -0.1) is 0 Å². The van der Waals surface area contributed by atoms with Gasteiger partial charge in [0.25, 0.3) is 0 Å². The predicted molar refractivity (Wildman–Crippen MR) is 207 cm³/mol. The number of rotatable bonds is 5. The van der Waals surface area contributed by atoms with E-state index < -0.39 is 0 Å². The van der Waals surface area contributed by atoms with E-state index in [0.29, 0.717) is 6.04 Å². The molecular formula is C46H42N4. The van der Waals surface area contributed by atoms with Gasteiger partial charge in [0.2, 0.25) is 0 Å². The molecule has 0 amide bonds. The number of allylic oxidation sites excluding steroid dienone is 14. The lowest BCUT2D eigenvalue weighted by Gasteiger charge is -2.37. The summed E-state index contributed by atoms with van der Waals surface area (Å²) in [4.78, 5) is 10.6. The van der Waals surface area contributed by atoms with Gasteiger partial charge in [0.05, 0.1) is 34.5 Å². The fraction of sp³-hybridized carbons (Fsp3) is 0.261. The highest BCUT2D eigenvalue weighted by atomic mass is 15.0. The van der Waals surface area contributed by atoms with Crippen molar-refractivity contribution in [1.29, 1.82) is 0 Å². The SMILES string of the molecule is C1=CC2=C(CC1)NC(CC1=CC=C(c3nc4ccccc4nc3C3=CCC(n4c5c(c6ccccc64)CCC=C5)C=C3)CC1)C1=CCCC=C12. The number of aryl methyl sites for hydroxylation is 1. The highest BCUT2D eigenvalue weighted by molar-refractivity contribution is 5.90. The molecule has 0 bridgehead atoms. The average molecular weight is 651 g/mol. The second-order valence-electron chi connectivity index (χ2n) is 14.5. The quantitative estimate of drug-likeness (QED) is 0.234. The van der Waals surface area contributed by atoms with E-state index in [2.05, 4.69) is 125 Å². The Bertz CT molecular complexity index is 2360. The molecule has 4 aromatic rings. The molecule has 0 fully saturated rings. The zero-order valence-corrected chi connectivity index (χ0v) is 28.5. The summed E-state index contributed by atoms with van der Waals surface area (Å²) in [5, 5.41) is 5.37. The zero-order valence-electron chi connectivity index (χ0n) is 28.5. The van der Waals surface area contributed by atoms with Crippen LogP contribution in [0.1, 0.15) is 86.5 Å². The van der Waals surface area contributed by atoms with Crippen LogP contribution < -0.4 is 5.32 Å². The number of para-hydroxylation sites is 3. The minimum atomic E-state index is 0.269. The molecule has 0 spiro atoms. The lowest BCUT2D eigenvalue weighted by atomic mass is 9.78. The van der Waals surface area contributed by atoms with Gasteiger partial charge >= 0.3 is 0 Å². The average Bonchev–Trinajstić information content (AvgIpc) is 3.52. The largest absolute Gasteiger partial charge is 0.381 e. The van der Waals surface area contributed by atoms with Crippen LogP contribution in [0.5, 0.6) is 0 Å². The van der Waals surface area contributed by atoms with Gasteiger partial charge in [0, 0.05) is 27.9 Å². The third kappa shape index (κ3) is 5.04. The van der Waals surface area contributed by atoms with Crippen molar-refractivity contribution < 1.29 is 0 Å². The Morgan fingerprint density at radius 1 is 0.740 bits per heavy atom. The molecule has 2 aromatic carbocycles. The number of benzene rings is 2. The van der Waals surface area contributed by atoms with Crippen LogP contribution in [0.4, 0.5) is 0 Å².